The molecule has 1 aliphatic rings. The molecule has 0 unspecified atom stereocenters. The van der Waals surface area contributed by atoms with Crippen molar-refractivity contribution < 1.29 is 4.79 Å². The van der Waals surface area contributed by atoms with Crippen LogP contribution in [0, 0.1) is 0 Å². The third kappa shape index (κ3) is 3.72. The Hall–Kier alpha value is -1.06. The molecule has 0 bridgehead atoms. The van der Waals surface area contributed by atoms with Crippen molar-refractivity contribution in [2.24, 2.45) is 0 Å². The molecule has 4 heteroatoms. The predicted molar refractivity (Wildman–Crippen MR) is 73.8 cm³/mol. The fourth-order valence-corrected chi connectivity index (χ4v) is 2.40. The minimum Gasteiger partial charge on any atom is -0.351 e. The Bertz CT molecular complexity index is 410. The van der Waals surface area contributed by atoms with Crippen molar-refractivity contribution in [2.75, 3.05) is 13.1 Å². The number of halogens is 1. The van der Waals surface area contributed by atoms with E-state index in [1.54, 1.807) is 0 Å². The summed E-state index contributed by atoms with van der Waals surface area (Å²) in [7, 11) is 0. The van der Waals surface area contributed by atoms with Gasteiger partial charge in [-0.05, 0) is 50.6 Å². The lowest BCUT2D eigenvalue weighted by Crippen LogP contribution is -2.52. The second kappa shape index (κ2) is 5.72. The van der Waals surface area contributed by atoms with E-state index in [0.29, 0.717) is 11.4 Å². The predicted octanol–water partition coefficient (Wildman–Crippen LogP) is 2.14. The lowest BCUT2D eigenvalue weighted by Gasteiger charge is -2.35. The molecule has 0 radical (unpaired) electrons. The number of benzene rings is 1. The first kappa shape index (κ1) is 13.4. The molecule has 1 aromatic rings. The van der Waals surface area contributed by atoms with E-state index in [1.165, 1.54) is 0 Å². The van der Waals surface area contributed by atoms with Crippen LogP contribution in [0.15, 0.2) is 24.3 Å². The van der Waals surface area contributed by atoms with Gasteiger partial charge in [0.1, 0.15) is 0 Å². The zero-order chi connectivity index (χ0) is 13.0. The summed E-state index contributed by atoms with van der Waals surface area (Å²) in [6.45, 7) is 4.06. The van der Waals surface area contributed by atoms with Crippen LogP contribution >= 0.6 is 11.6 Å². The largest absolute Gasteiger partial charge is 0.351 e. The quantitative estimate of drug-likeness (QED) is 0.880. The fraction of sp³-hybridized carbons (Fsp3) is 0.500. The Morgan fingerprint density at radius 3 is 2.56 bits per heavy atom. The van der Waals surface area contributed by atoms with Gasteiger partial charge in [-0.3, -0.25) is 4.79 Å². The Morgan fingerprint density at radius 1 is 1.33 bits per heavy atom. The molecule has 0 aromatic heterocycles. The maximum Gasteiger partial charge on any atom is 0.224 e. The summed E-state index contributed by atoms with van der Waals surface area (Å²) in [6.07, 6.45) is 2.39. The van der Waals surface area contributed by atoms with Crippen molar-refractivity contribution >= 4 is 17.5 Å². The van der Waals surface area contributed by atoms with E-state index in [2.05, 4.69) is 17.6 Å². The first-order chi connectivity index (χ1) is 8.57. The van der Waals surface area contributed by atoms with Crippen LogP contribution in [-0.4, -0.2) is 24.5 Å². The normalized spacial score (nSPS) is 18.3. The molecule has 98 valence electrons. The van der Waals surface area contributed by atoms with E-state index in [0.717, 1.165) is 31.5 Å². The Labute approximate surface area is 113 Å². The monoisotopic (exact) mass is 266 g/mol. The van der Waals surface area contributed by atoms with Gasteiger partial charge in [0, 0.05) is 10.6 Å². The first-order valence-corrected chi connectivity index (χ1v) is 6.71. The summed E-state index contributed by atoms with van der Waals surface area (Å²) in [5, 5.41) is 7.15. The zero-order valence-corrected chi connectivity index (χ0v) is 11.4. The number of nitrogens with one attached hydrogen (secondary N) is 2. The number of carbonyl (C=O) groups excluding carboxylic acids is 1. The average Bonchev–Trinajstić information content (AvgIpc) is 2.32. The number of piperidine rings is 1. The number of carbonyl (C=O) groups is 1. The molecule has 1 heterocycles. The minimum absolute atomic E-state index is 0.0608. The van der Waals surface area contributed by atoms with Crippen LogP contribution in [0.5, 0.6) is 0 Å². The SMILES string of the molecule is CC1(NC(=O)Cc2ccc(Cl)cc2)CCNCC1. The van der Waals surface area contributed by atoms with Crippen molar-refractivity contribution in [2.45, 2.75) is 31.7 Å². The number of hydrogen-bond donors (Lipinski definition) is 2. The highest BCUT2D eigenvalue weighted by molar-refractivity contribution is 6.30. The van der Waals surface area contributed by atoms with Crippen LogP contribution in [0.1, 0.15) is 25.3 Å². The molecule has 1 amide bonds. The summed E-state index contributed by atoms with van der Waals surface area (Å²) in [5.74, 6) is 0.0849. The molecular weight excluding hydrogens is 248 g/mol. The summed E-state index contributed by atoms with van der Waals surface area (Å²) >= 11 is 5.82. The highest BCUT2D eigenvalue weighted by Gasteiger charge is 2.27. The van der Waals surface area contributed by atoms with Gasteiger partial charge in [-0.1, -0.05) is 23.7 Å². The summed E-state index contributed by atoms with van der Waals surface area (Å²) in [4.78, 5) is 12.0. The van der Waals surface area contributed by atoms with Gasteiger partial charge in [0.05, 0.1) is 6.42 Å². The van der Waals surface area contributed by atoms with E-state index in [4.69, 9.17) is 11.6 Å². The van der Waals surface area contributed by atoms with E-state index < -0.39 is 0 Å². The van der Waals surface area contributed by atoms with Crippen molar-refractivity contribution in [3.05, 3.63) is 34.9 Å². The third-order valence-corrected chi connectivity index (χ3v) is 3.68. The Balaban J connectivity index is 1.90. The fourth-order valence-electron chi connectivity index (χ4n) is 2.27. The van der Waals surface area contributed by atoms with Gasteiger partial charge in [0.15, 0.2) is 0 Å². The molecule has 18 heavy (non-hydrogen) atoms. The number of amides is 1. The van der Waals surface area contributed by atoms with Crippen molar-refractivity contribution in [3.8, 4) is 0 Å². The van der Waals surface area contributed by atoms with E-state index in [-0.39, 0.29) is 11.4 Å². The summed E-state index contributed by atoms with van der Waals surface area (Å²) in [6, 6.07) is 7.42. The van der Waals surface area contributed by atoms with Crippen LogP contribution < -0.4 is 10.6 Å². The highest BCUT2D eigenvalue weighted by atomic mass is 35.5. The minimum atomic E-state index is -0.0608. The highest BCUT2D eigenvalue weighted by Crippen LogP contribution is 2.17. The molecular formula is C14H19ClN2O. The second-order valence-electron chi connectivity index (χ2n) is 5.16. The maximum absolute atomic E-state index is 12.0. The third-order valence-electron chi connectivity index (χ3n) is 3.43. The summed E-state index contributed by atoms with van der Waals surface area (Å²) in [5.41, 5.74) is 0.934. The van der Waals surface area contributed by atoms with Crippen LogP contribution in [-0.2, 0) is 11.2 Å². The molecule has 3 nitrogen and oxygen atoms in total. The van der Waals surface area contributed by atoms with Crippen molar-refractivity contribution in [3.63, 3.8) is 0 Å². The van der Waals surface area contributed by atoms with Crippen LogP contribution in [0.25, 0.3) is 0 Å². The van der Waals surface area contributed by atoms with Crippen molar-refractivity contribution in [1.29, 1.82) is 0 Å². The average molecular weight is 267 g/mol. The topological polar surface area (TPSA) is 41.1 Å². The molecule has 0 atom stereocenters. The van der Waals surface area contributed by atoms with Gasteiger partial charge in [-0.15, -0.1) is 0 Å². The zero-order valence-electron chi connectivity index (χ0n) is 10.6. The smallest absolute Gasteiger partial charge is 0.224 e. The Kier molecular flexibility index (Phi) is 4.25. The molecule has 2 N–H and O–H groups in total. The van der Waals surface area contributed by atoms with Crippen LogP contribution in [0.2, 0.25) is 5.02 Å². The lowest BCUT2D eigenvalue weighted by molar-refractivity contribution is -0.122. The molecule has 0 aliphatic carbocycles. The molecule has 1 fully saturated rings. The second-order valence-corrected chi connectivity index (χ2v) is 5.60. The number of hydrogen-bond acceptors (Lipinski definition) is 2. The van der Waals surface area contributed by atoms with Gasteiger partial charge in [-0.2, -0.15) is 0 Å². The lowest BCUT2D eigenvalue weighted by atomic mass is 9.90. The van der Waals surface area contributed by atoms with Crippen LogP contribution in [0.4, 0.5) is 0 Å². The first-order valence-electron chi connectivity index (χ1n) is 6.34. The van der Waals surface area contributed by atoms with Gasteiger partial charge in [-0.25, -0.2) is 0 Å². The van der Waals surface area contributed by atoms with Gasteiger partial charge in [0.2, 0.25) is 5.91 Å². The molecule has 0 saturated carbocycles. The molecule has 1 aromatic carbocycles. The molecule has 2 rings (SSSR count). The van der Waals surface area contributed by atoms with Crippen molar-refractivity contribution in [1.82, 2.24) is 10.6 Å². The van der Waals surface area contributed by atoms with Crippen LogP contribution in [0.3, 0.4) is 0 Å². The van der Waals surface area contributed by atoms with Gasteiger partial charge >= 0.3 is 0 Å². The van der Waals surface area contributed by atoms with E-state index >= 15 is 0 Å². The maximum atomic E-state index is 12.0. The molecule has 0 spiro atoms. The van der Waals surface area contributed by atoms with Gasteiger partial charge < -0.3 is 10.6 Å². The van der Waals surface area contributed by atoms with E-state index in [9.17, 15) is 4.79 Å². The summed E-state index contributed by atoms with van der Waals surface area (Å²) < 4.78 is 0. The Morgan fingerprint density at radius 2 is 1.94 bits per heavy atom. The standard InChI is InChI=1S/C14H19ClN2O/c1-14(6-8-16-9-7-14)17-13(18)10-11-2-4-12(15)5-3-11/h2-5,16H,6-10H2,1H3,(H,17,18). The molecule has 1 saturated heterocycles. The van der Waals surface area contributed by atoms with Gasteiger partial charge in [0.25, 0.3) is 0 Å². The number of rotatable bonds is 3. The van der Waals surface area contributed by atoms with E-state index in [1.807, 2.05) is 24.3 Å². The molecule has 1 aliphatic heterocycles.